The number of carbonyl (C=O) groups is 2. The molecule has 1 aromatic rings. The molecule has 0 fully saturated rings. The summed E-state index contributed by atoms with van der Waals surface area (Å²) in [6, 6.07) is 3.21. The summed E-state index contributed by atoms with van der Waals surface area (Å²) < 4.78 is 26.2. The molecule has 0 bridgehead atoms. The molecule has 0 aliphatic carbocycles. The molecule has 116 valence electrons. The molecule has 0 atom stereocenters. The number of thioether (sulfide) groups is 1. The standard InChI is InChI=1S/C14H18F2N2O2S/c1-3-17-13(19)8-18(4-2)14(20)9-21-12-6-5-10(15)7-11(12)16/h5-7H,3-4,8-9H2,1-2H3,(H,17,19). The van der Waals surface area contributed by atoms with Crippen molar-refractivity contribution in [3.05, 3.63) is 29.8 Å². The van der Waals surface area contributed by atoms with Gasteiger partial charge in [0.1, 0.15) is 11.6 Å². The lowest BCUT2D eigenvalue weighted by molar-refractivity contribution is -0.133. The molecule has 1 rings (SSSR count). The summed E-state index contributed by atoms with van der Waals surface area (Å²) in [4.78, 5) is 25.1. The smallest absolute Gasteiger partial charge is 0.239 e. The maximum atomic E-state index is 13.4. The highest BCUT2D eigenvalue weighted by molar-refractivity contribution is 8.00. The number of amides is 2. The summed E-state index contributed by atoms with van der Waals surface area (Å²) in [5.41, 5.74) is 0. The first-order chi connectivity index (χ1) is 9.97. The molecule has 0 saturated heterocycles. The molecule has 4 nitrogen and oxygen atoms in total. The number of hydrogen-bond acceptors (Lipinski definition) is 3. The van der Waals surface area contributed by atoms with E-state index in [0.29, 0.717) is 13.1 Å². The quantitative estimate of drug-likeness (QED) is 0.783. The van der Waals surface area contributed by atoms with E-state index in [4.69, 9.17) is 0 Å². The van der Waals surface area contributed by atoms with Gasteiger partial charge < -0.3 is 10.2 Å². The van der Waals surface area contributed by atoms with E-state index in [1.54, 1.807) is 13.8 Å². The zero-order valence-electron chi connectivity index (χ0n) is 12.0. The monoisotopic (exact) mass is 316 g/mol. The number of hydrogen-bond donors (Lipinski definition) is 1. The van der Waals surface area contributed by atoms with Crippen LogP contribution in [0.25, 0.3) is 0 Å². The Bertz CT molecular complexity index is 512. The second-order valence-electron chi connectivity index (χ2n) is 4.22. The first-order valence-electron chi connectivity index (χ1n) is 6.60. The zero-order valence-corrected chi connectivity index (χ0v) is 12.8. The van der Waals surface area contributed by atoms with E-state index in [-0.39, 0.29) is 29.0 Å². The van der Waals surface area contributed by atoms with Crippen LogP contribution in [0.2, 0.25) is 0 Å². The molecule has 2 amide bonds. The molecule has 0 spiro atoms. The van der Waals surface area contributed by atoms with Crippen LogP contribution in [-0.2, 0) is 9.59 Å². The number of carbonyl (C=O) groups excluding carboxylic acids is 2. The first-order valence-corrected chi connectivity index (χ1v) is 7.58. The lowest BCUT2D eigenvalue weighted by Gasteiger charge is -2.20. The van der Waals surface area contributed by atoms with Crippen LogP contribution in [0, 0.1) is 11.6 Å². The maximum Gasteiger partial charge on any atom is 0.239 e. The summed E-state index contributed by atoms with van der Waals surface area (Å²) in [6.45, 7) is 4.43. The molecular formula is C14H18F2N2O2S. The Morgan fingerprint density at radius 3 is 2.57 bits per heavy atom. The molecular weight excluding hydrogens is 298 g/mol. The van der Waals surface area contributed by atoms with E-state index in [0.717, 1.165) is 23.9 Å². The molecule has 0 aliphatic heterocycles. The van der Waals surface area contributed by atoms with Gasteiger partial charge in [-0.05, 0) is 26.0 Å². The Morgan fingerprint density at radius 1 is 1.29 bits per heavy atom. The van der Waals surface area contributed by atoms with E-state index < -0.39 is 11.6 Å². The van der Waals surface area contributed by atoms with Gasteiger partial charge in [-0.3, -0.25) is 9.59 Å². The lowest BCUT2D eigenvalue weighted by atomic mass is 10.3. The fraction of sp³-hybridized carbons (Fsp3) is 0.429. The third kappa shape index (κ3) is 5.71. The number of likely N-dealkylation sites (N-methyl/N-ethyl adjacent to an activating group) is 2. The van der Waals surface area contributed by atoms with Crippen LogP contribution >= 0.6 is 11.8 Å². The van der Waals surface area contributed by atoms with Gasteiger partial charge in [-0.15, -0.1) is 11.8 Å². The summed E-state index contributed by atoms with van der Waals surface area (Å²) in [5.74, 6) is -1.85. The number of halogens is 2. The van der Waals surface area contributed by atoms with Crippen LogP contribution in [-0.4, -0.2) is 42.1 Å². The van der Waals surface area contributed by atoms with Crippen LogP contribution < -0.4 is 5.32 Å². The third-order valence-electron chi connectivity index (χ3n) is 2.69. The fourth-order valence-corrected chi connectivity index (χ4v) is 2.45. The summed E-state index contributed by atoms with van der Waals surface area (Å²) in [7, 11) is 0. The van der Waals surface area contributed by atoms with Gasteiger partial charge in [0.25, 0.3) is 0 Å². The number of benzene rings is 1. The molecule has 0 radical (unpaired) electrons. The topological polar surface area (TPSA) is 49.4 Å². The van der Waals surface area contributed by atoms with Crippen molar-refractivity contribution in [1.29, 1.82) is 0 Å². The Kier molecular flexibility index (Phi) is 7.14. The van der Waals surface area contributed by atoms with Crippen LogP contribution in [0.4, 0.5) is 8.78 Å². The molecule has 0 aliphatic rings. The van der Waals surface area contributed by atoms with Gasteiger partial charge in [0.2, 0.25) is 11.8 Å². The largest absolute Gasteiger partial charge is 0.355 e. The van der Waals surface area contributed by atoms with Gasteiger partial charge in [0, 0.05) is 24.1 Å². The van der Waals surface area contributed by atoms with Gasteiger partial charge >= 0.3 is 0 Å². The predicted molar refractivity (Wildman–Crippen MR) is 78.0 cm³/mol. The number of nitrogens with zero attached hydrogens (tertiary/aromatic N) is 1. The second-order valence-corrected chi connectivity index (χ2v) is 5.24. The highest BCUT2D eigenvalue weighted by Crippen LogP contribution is 2.22. The van der Waals surface area contributed by atoms with Gasteiger partial charge in [-0.1, -0.05) is 0 Å². The van der Waals surface area contributed by atoms with E-state index in [1.165, 1.54) is 11.0 Å². The van der Waals surface area contributed by atoms with Gasteiger partial charge in [-0.2, -0.15) is 0 Å². The van der Waals surface area contributed by atoms with Gasteiger partial charge in [-0.25, -0.2) is 8.78 Å². The SMILES string of the molecule is CCNC(=O)CN(CC)C(=O)CSc1ccc(F)cc1F. The summed E-state index contributed by atoms with van der Waals surface area (Å²) in [6.07, 6.45) is 0. The minimum absolute atomic E-state index is 0.00417. The molecule has 0 heterocycles. The summed E-state index contributed by atoms with van der Waals surface area (Å²) >= 11 is 0.983. The van der Waals surface area contributed by atoms with Crippen LogP contribution in [0.5, 0.6) is 0 Å². The maximum absolute atomic E-state index is 13.4. The van der Waals surface area contributed by atoms with Crippen LogP contribution in [0.15, 0.2) is 23.1 Å². The molecule has 0 saturated carbocycles. The normalized spacial score (nSPS) is 10.3. The number of nitrogens with one attached hydrogen (secondary N) is 1. The van der Waals surface area contributed by atoms with E-state index in [9.17, 15) is 18.4 Å². The van der Waals surface area contributed by atoms with Crippen molar-refractivity contribution < 1.29 is 18.4 Å². The molecule has 1 aromatic carbocycles. The minimum Gasteiger partial charge on any atom is -0.355 e. The molecule has 21 heavy (non-hydrogen) atoms. The average Bonchev–Trinajstić information content (AvgIpc) is 2.43. The van der Waals surface area contributed by atoms with Crippen molar-refractivity contribution in [1.82, 2.24) is 10.2 Å². The molecule has 7 heteroatoms. The second kappa shape index (κ2) is 8.61. The van der Waals surface area contributed by atoms with E-state index >= 15 is 0 Å². The molecule has 0 unspecified atom stereocenters. The molecule has 1 N–H and O–H groups in total. The summed E-state index contributed by atoms with van der Waals surface area (Å²) in [5, 5.41) is 2.61. The Morgan fingerprint density at radius 2 is 2.00 bits per heavy atom. The van der Waals surface area contributed by atoms with Crippen molar-refractivity contribution in [3.63, 3.8) is 0 Å². The highest BCUT2D eigenvalue weighted by atomic mass is 32.2. The molecule has 0 aromatic heterocycles. The van der Waals surface area contributed by atoms with Crippen molar-refractivity contribution >= 4 is 23.6 Å². The fourth-order valence-electron chi connectivity index (χ4n) is 1.63. The average molecular weight is 316 g/mol. The predicted octanol–water partition coefficient (Wildman–Crippen LogP) is 2.04. The zero-order chi connectivity index (χ0) is 15.8. The Labute approximate surface area is 126 Å². The first kappa shape index (κ1) is 17.4. The Hall–Kier alpha value is -1.63. The highest BCUT2D eigenvalue weighted by Gasteiger charge is 2.16. The third-order valence-corrected chi connectivity index (χ3v) is 3.72. The van der Waals surface area contributed by atoms with E-state index in [2.05, 4.69) is 5.32 Å². The van der Waals surface area contributed by atoms with Crippen LogP contribution in [0.1, 0.15) is 13.8 Å². The van der Waals surface area contributed by atoms with Crippen LogP contribution in [0.3, 0.4) is 0 Å². The lowest BCUT2D eigenvalue weighted by Crippen LogP contribution is -2.41. The van der Waals surface area contributed by atoms with Gasteiger partial charge in [0.05, 0.1) is 12.3 Å². The van der Waals surface area contributed by atoms with Crippen molar-refractivity contribution in [2.24, 2.45) is 0 Å². The van der Waals surface area contributed by atoms with Gasteiger partial charge in [0.15, 0.2) is 0 Å². The van der Waals surface area contributed by atoms with Crippen molar-refractivity contribution in [2.75, 3.05) is 25.4 Å². The number of rotatable bonds is 7. The van der Waals surface area contributed by atoms with Crippen molar-refractivity contribution in [2.45, 2.75) is 18.7 Å². The van der Waals surface area contributed by atoms with Crippen molar-refractivity contribution in [3.8, 4) is 0 Å². The minimum atomic E-state index is -0.695. The van der Waals surface area contributed by atoms with E-state index in [1.807, 2.05) is 0 Å². The Balaban J connectivity index is 2.56.